The Hall–Kier alpha value is -2.13. The molecule has 4 N–H and O–H groups in total. The molecule has 0 atom stereocenters. The number of rotatable bonds is 7. The van der Waals surface area contributed by atoms with E-state index in [-0.39, 0.29) is 16.9 Å². The minimum Gasteiger partial charge on any atom is -0.481 e. The van der Waals surface area contributed by atoms with Gasteiger partial charge in [-0.25, -0.2) is 18.4 Å². The Morgan fingerprint density at radius 3 is 2.57 bits per heavy atom. The Morgan fingerprint density at radius 1 is 1.38 bits per heavy atom. The Balaban J connectivity index is 2.97. The highest BCUT2D eigenvalue weighted by atomic mass is 32.2. The topological polar surface area (TPSA) is 136 Å². The third kappa shape index (κ3) is 5.04. The number of esters is 1. The summed E-state index contributed by atoms with van der Waals surface area (Å²) < 4.78 is 27.1. The third-order valence-electron chi connectivity index (χ3n) is 2.61. The average Bonchev–Trinajstić information content (AvgIpc) is 2.41. The monoisotopic (exact) mass is 316 g/mol. The van der Waals surface area contributed by atoms with Gasteiger partial charge >= 0.3 is 11.9 Å². The highest BCUT2D eigenvalue weighted by Gasteiger charge is 2.17. The van der Waals surface area contributed by atoms with Gasteiger partial charge in [0, 0.05) is 18.7 Å². The molecule has 1 aromatic carbocycles. The molecule has 0 saturated carbocycles. The minimum absolute atomic E-state index is 0.0133. The molecule has 0 aliphatic rings. The molecule has 0 aliphatic carbocycles. The lowest BCUT2D eigenvalue weighted by molar-refractivity contribution is -0.137. The van der Waals surface area contributed by atoms with E-state index in [1.54, 1.807) is 0 Å². The van der Waals surface area contributed by atoms with Crippen LogP contribution in [0.15, 0.2) is 23.1 Å². The van der Waals surface area contributed by atoms with E-state index in [1.807, 2.05) is 0 Å². The lowest BCUT2D eigenvalue weighted by atomic mass is 10.1. The van der Waals surface area contributed by atoms with Crippen LogP contribution < -0.4 is 10.5 Å². The predicted molar refractivity (Wildman–Crippen MR) is 74.5 cm³/mol. The molecular formula is C12H16N2O6S. The number of hydrogen-bond donors (Lipinski definition) is 3. The van der Waals surface area contributed by atoms with Gasteiger partial charge < -0.3 is 15.2 Å². The van der Waals surface area contributed by atoms with E-state index in [2.05, 4.69) is 10.1 Å². The summed E-state index contributed by atoms with van der Waals surface area (Å²) in [4.78, 5) is 21.9. The maximum absolute atomic E-state index is 11.7. The van der Waals surface area contributed by atoms with Crippen molar-refractivity contribution in [1.82, 2.24) is 0 Å². The molecule has 116 valence electrons. The van der Waals surface area contributed by atoms with Crippen LogP contribution in [0.5, 0.6) is 0 Å². The Labute approximate surface area is 122 Å². The van der Waals surface area contributed by atoms with Crippen molar-refractivity contribution in [3.8, 4) is 0 Å². The predicted octanol–water partition coefficient (Wildman–Crippen LogP) is 0.397. The van der Waals surface area contributed by atoms with Crippen LogP contribution in [0.2, 0.25) is 0 Å². The maximum Gasteiger partial charge on any atom is 0.340 e. The molecule has 0 bridgehead atoms. The van der Waals surface area contributed by atoms with Crippen molar-refractivity contribution in [2.75, 3.05) is 19.0 Å². The summed E-state index contributed by atoms with van der Waals surface area (Å²) in [6.45, 7) is 0.311. The van der Waals surface area contributed by atoms with Crippen LogP contribution in [0.1, 0.15) is 23.2 Å². The number of methoxy groups -OCH3 is 1. The summed E-state index contributed by atoms with van der Waals surface area (Å²) in [6, 6.07) is 3.74. The van der Waals surface area contributed by atoms with Gasteiger partial charge in [-0.3, -0.25) is 4.79 Å². The summed E-state index contributed by atoms with van der Waals surface area (Å²) in [5.74, 6) is -1.64. The van der Waals surface area contributed by atoms with Crippen LogP contribution in [0.25, 0.3) is 0 Å². The molecule has 21 heavy (non-hydrogen) atoms. The van der Waals surface area contributed by atoms with E-state index in [1.165, 1.54) is 19.2 Å². The molecule has 9 heteroatoms. The highest BCUT2D eigenvalue weighted by Crippen LogP contribution is 2.21. The van der Waals surface area contributed by atoms with Crippen molar-refractivity contribution in [3.05, 3.63) is 23.8 Å². The number of nitrogens with two attached hydrogens (primary N) is 1. The van der Waals surface area contributed by atoms with Gasteiger partial charge in [0.25, 0.3) is 0 Å². The fourth-order valence-corrected chi connectivity index (χ4v) is 2.14. The number of carbonyl (C=O) groups is 2. The number of carboxylic acid groups (broad SMARTS) is 1. The van der Waals surface area contributed by atoms with Crippen LogP contribution in [0, 0.1) is 0 Å². The Bertz CT molecular complexity index is 641. The second kappa shape index (κ2) is 7.04. The first kappa shape index (κ1) is 16.9. The van der Waals surface area contributed by atoms with E-state index in [0.717, 1.165) is 6.07 Å². The van der Waals surface area contributed by atoms with Crippen molar-refractivity contribution in [3.63, 3.8) is 0 Å². The van der Waals surface area contributed by atoms with Crippen molar-refractivity contribution in [1.29, 1.82) is 0 Å². The first-order valence-electron chi connectivity index (χ1n) is 5.96. The smallest absolute Gasteiger partial charge is 0.340 e. The normalized spacial score (nSPS) is 11.0. The van der Waals surface area contributed by atoms with Crippen molar-refractivity contribution in [2.45, 2.75) is 17.7 Å². The van der Waals surface area contributed by atoms with Gasteiger partial charge in [-0.05, 0) is 24.6 Å². The molecule has 1 aromatic rings. The van der Waals surface area contributed by atoms with Crippen molar-refractivity contribution in [2.24, 2.45) is 5.14 Å². The molecule has 0 heterocycles. The first-order valence-corrected chi connectivity index (χ1v) is 7.51. The number of aliphatic carboxylic acids is 1. The number of sulfonamides is 1. The third-order valence-corrected chi connectivity index (χ3v) is 3.52. The number of nitrogens with one attached hydrogen (secondary N) is 1. The SMILES string of the molecule is COC(=O)c1cc(S(N)(=O)=O)ccc1NCCCC(=O)O. The van der Waals surface area contributed by atoms with Gasteiger partial charge in [0.1, 0.15) is 0 Å². The quantitative estimate of drug-likeness (QED) is 0.489. The molecule has 0 aliphatic heterocycles. The summed E-state index contributed by atoms with van der Waals surface area (Å²) in [5.41, 5.74) is 0.360. The molecule has 0 aromatic heterocycles. The number of primary sulfonamides is 1. The maximum atomic E-state index is 11.7. The number of anilines is 1. The van der Waals surface area contributed by atoms with Crippen LogP contribution in [0.4, 0.5) is 5.69 Å². The van der Waals surface area contributed by atoms with E-state index in [9.17, 15) is 18.0 Å². The number of benzene rings is 1. The van der Waals surface area contributed by atoms with Crippen LogP contribution in [0.3, 0.4) is 0 Å². The molecule has 0 fully saturated rings. The van der Waals surface area contributed by atoms with Gasteiger partial charge in [-0.1, -0.05) is 0 Å². The lowest BCUT2D eigenvalue weighted by Gasteiger charge is -2.11. The molecule has 0 spiro atoms. The van der Waals surface area contributed by atoms with Gasteiger partial charge in [0.15, 0.2) is 0 Å². The molecule has 0 amide bonds. The van der Waals surface area contributed by atoms with Gasteiger partial charge in [0.05, 0.1) is 17.6 Å². The molecular weight excluding hydrogens is 300 g/mol. The van der Waals surface area contributed by atoms with Gasteiger partial charge in [0.2, 0.25) is 10.0 Å². The molecule has 1 rings (SSSR count). The fourth-order valence-electron chi connectivity index (χ4n) is 1.60. The second-order valence-electron chi connectivity index (χ2n) is 4.17. The largest absolute Gasteiger partial charge is 0.481 e. The number of carbonyl (C=O) groups excluding carboxylic acids is 1. The summed E-state index contributed by atoms with van der Waals surface area (Å²) >= 11 is 0. The van der Waals surface area contributed by atoms with Crippen LogP contribution >= 0.6 is 0 Å². The Kier molecular flexibility index (Phi) is 5.68. The fraction of sp³-hybridized carbons (Fsp3) is 0.333. The van der Waals surface area contributed by atoms with Crippen molar-refractivity contribution < 1.29 is 27.9 Å². The van der Waals surface area contributed by atoms with Crippen molar-refractivity contribution >= 4 is 27.6 Å². The Morgan fingerprint density at radius 2 is 2.05 bits per heavy atom. The summed E-state index contributed by atoms with van der Waals surface area (Å²) in [7, 11) is -2.77. The van der Waals surface area contributed by atoms with E-state index in [0.29, 0.717) is 18.7 Å². The number of carboxylic acids is 1. The highest BCUT2D eigenvalue weighted by molar-refractivity contribution is 7.89. The number of hydrogen-bond acceptors (Lipinski definition) is 6. The molecule has 0 unspecified atom stereocenters. The lowest BCUT2D eigenvalue weighted by Crippen LogP contribution is -2.15. The minimum atomic E-state index is -3.93. The second-order valence-corrected chi connectivity index (χ2v) is 5.73. The van der Waals surface area contributed by atoms with Crippen LogP contribution in [-0.4, -0.2) is 39.1 Å². The summed E-state index contributed by atoms with van der Waals surface area (Å²) in [5, 5.41) is 16.4. The zero-order chi connectivity index (χ0) is 16.0. The van der Waals surface area contributed by atoms with Gasteiger partial charge in [-0.2, -0.15) is 0 Å². The standard InChI is InChI=1S/C12H16N2O6S/c1-20-12(17)9-7-8(21(13,18)19)4-5-10(9)14-6-2-3-11(15)16/h4-5,7,14H,2-3,6H2,1H3,(H,15,16)(H2,13,18,19). The molecule has 0 saturated heterocycles. The van der Waals surface area contributed by atoms with E-state index < -0.39 is 22.0 Å². The molecule has 8 nitrogen and oxygen atoms in total. The van der Waals surface area contributed by atoms with Gasteiger partial charge in [-0.15, -0.1) is 0 Å². The van der Waals surface area contributed by atoms with Crippen LogP contribution in [-0.2, 0) is 19.6 Å². The average molecular weight is 316 g/mol. The van der Waals surface area contributed by atoms with E-state index in [4.69, 9.17) is 10.2 Å². The molecule has 0 radical (unpaired) electrons. The number of ether oxygens (including phenoxy) is 1. The van der Waals surface area contributed by atoms with E-state index >= 15 is 0 Å². The summed E-state index contributed by atoms with van der Waals surface area (Å²) in [6.07, 6.45) is 0.336. The zero-order valence-corrected chi connectivity index (χ0v) is 12.1. The first-order chi connectivity index (χ1) is 9.75. The zero-order valence-electron chi connectivity index (χ0n) is 11.3.